The second kappa shape index (κ2) is 20.4. The van der Waals surface area contributed by atoms with E-state index in [4.69, 9.17) is 23.7 Å². The van der Waals surface area contributed by atoms with Crippen LogP contribution >= 0.6 is 0 Å². The Hall–Kier alpha value is -4.88. The summed E-state index contributed by atoms with van der Waals surface area (Å²) in [6, 6.07) is 4.31. The molecule has 1 aromatic carbocycles. The Morgan fingerprint density at radius 1 is 0.797 bits per heavy atom. The van der Waals surface area contributed by atoms with Crippen LogP contribution in [0.3, 0.4) is 0 Å². The van der Waals surface area contributed by atoms with E-state index in [2.05, 4.69) is 31.0 Å². The highest BCUT2D eigenvalue weighted by Gasteiger charge is 2.46. The molecule has 1 saturated heterocycles. The standard InChI is InChI=1S/C41H53FN8O9/c1-49-33(23-26-5-6-26)30(24-45-49)37-31(42)25-44-41(48-37)46-28-9-7-27(8-10-28)43-13-14-55-15-16-56-17-18-57-19-20-58-21-22-59-34-4-2-3-29-36(34)40(54)50(39(29)53)32-11-12-35(51)47-38(32)52/h2-4,24-28,32,43H,5-23H2,1H3,(H,44,46,48)(H,47,51,52). The number of ether oxygens (including phenoxy) is 5. The van der Waals surface area contributed by atoms with Crippen molar-refractivity contribution in [1.29, 1.82) is 0 Å². The number of imide groups is 2. The minimum absolute atomic E-state index is 0.0499. The number of benzene rings is 1. The van der Waals surface area contributed by atoms with E-state index in [1.54, 1.807) is 18.3 Å². The second-order valence-corrected chi connectivity index (χ2v) is 15.2. The molecule has 3 fully saturated rings. The fourth-order valence-electron chi connectivity index (χ4n) is 7.66. The zero-order chi connectivity index (χ0) is 41.1. The highest BCUT2D eigenvalue weighted by molar-refractivity contribution is 6.24. The van der Waals surface area contributed by atoms with E-state index in [9.17, 15) is 23.6 Å². The molecule has 318 valence electrons. The van der Waals surface area contributed by atoms with Crippen molar-refractivity contribution in [3.63, 3.8) is 0 Å². The highest BCUT2D eigenvalue weighted by Crippen LogP contribution is 2.36. The molecule has 7 rings (SSSR count). The smallest absolute Gasteiger partial charge is 0.266 e. The van der Waals surface area contributed by atoms with E-state index >= 15 is 0 Å². The first-order valence-electron chi connectivity index (χ1n) is 20.6. The summed E-state index contributed by atoms with van der Waals surface area (Å²) in [5, 5.41) is 13.6. The van der Waals surface area contributed by atoms with Crippen molar-refractivity contribution in [1.82, 2.24) is 35.3 Å². The van der Waals surface area contributed by atoms with E-state index in [0.29, 0.717) is 69.9 Å². The van der Waals surface area contributed by atoms with E-state index < -0.39 is 35.5 Å². The van der Waals surface area contributed by atoms with Crippen LogP contribution in [0.2, 0.25) is 0 Å². The lowest BCUT2D eigenvalue weighted by atomic mass is 9.91. The summed E-state index contributed by atoms with van der Waals surface area (Å²) in [5.74, 6) is -1.40. The first-order valence-corrected chi connectivity index (χ1v) is 20.6. The molecule has 59 heavy (non-hydrogen) atoms. The predicted molar refractivity (Wildman–Crippen MR) is 210 cm³/mol. The number of amides is 4. The number of piperidine rings is 1. The topological polar surface area (TPSA) is 197 Å². The minimum atomic E-state index is -1.04. The Morgan fingerprint density at radius 3 is 2.17 bits per heavy atom. The molecule has 3 aromatic rings. The van der Waals surface area contributed by atoms with Gasteiger partial charge in [0.2, 0.25) is 17.8 Å². The monoisotopic (exact) mass is 820 g/mol. The van der Waals surface area contributed by atoms with Crippen LogP contribution in [0.25, 0.3) is 11.3 Å². The molecule has 2 saturated carbocycles. The number of nitrogens with one attached hydrogen (secondary N) is 3. The number of hydrogen-bond donors (Lipinski definition) is 3. The average Bonchev–Trinajstić information content (AvgIpc) is 3.93. The quantitative estimate of drug-likeness (QED) is 0.0933. The Labute approximate surface area is 342 Å². The van der Waals surface area contributed by atoms with Crippen molar-refractivity contribution >= 4 is 29.6 Å². The number of carbonyl (C=O) groups excluding carboxylic acids is 4. The summed E-state index contributed by atoms with van der Waals surface area (Å²) < 4.78 is 44.9. The van der Waals surface area contributed by atoms with Gasteiger partial charge in [0.05, 0.1) is 76.4 Å². The number of aromatic nitrogens is 4. The Balaban J connectivity index is 0.674. The van der Waals surface area contributed by atoms with Crippen LogP contribution in [-0.4, -0.2) is 132 Å². The zero-order valence-electron chi connectivity index (χ0n) is 33.4. The predicted octanol–water partition coefficient (Wildman–Crippen LogP) is 2.83. The van der Waals surface area contributed by atoms with Gasteiger partial charge in [0.25, 0.3) is 11.8 Å². The van der Waals surface area contributed by atoms with E-state index in [1.165, 1.54) is 25.1 Å². The lowest BCUT2D eigenvalue weighted by Gasteiger charge is -2.29. The fourth-order valence-corrected chi connectivity index (χ4v) is 7.66. The molecule has 1 unspecified atom stereocenters. The normalized spacial score (nSPS) is 20.6. The van der Waals surface area contributed by atoms with E-state index in [-0.39, 0.29) is 49.0 Å². The van der Waals surface area contributed by atoms with Gasteiger partial charge in [-0.05, 0) is 69.4 Å². The van der Waals surface area contributed by atoms with Gasteiger partial charge >= 0.3 is 0 Å². The molecule has 4 amide bonds. The van der Waals surface area contributed by atoms with E-state index in [0.717, 1.165) is 54.8 Å². The second-order valence-electron chi connectivity index (χ2n) is 15.2. The number of hydrogen-bond acceptors (Lipinski definition) is 14. The SMILES string of the molecule is Cn1ncc(-c2nc(NC3CCC(NCCOCCOCCOCCOCCOc4cccc5c4C(=O)N(C4CCC(=O)NC4=O)C5=O)CC3)ncc2F)c1CC1CC1. The molecule has 2 aromatic heterocycles. The Kier molecular flexibility index (Phi) is 14.6. The number of aryl methyl sites for hydroxylation is 1. The molecule has 3 N–H and O–H groups in total. The van der Waals surface area contributed by atoms with Crippen LogP contribution in [0.4, 0.5) is 10.3 Å². The minimum Gasteiger partial charge on any atom is -0.490 e. The van der Waals surface area contributed by atoms with Crippen molar-refractivity contribution in [3.05, 3.63) is 53.2 Å². The van der Waals surface area contributed by atoms with Gasteiger partial charge in [0, 0.05) is 43.4 Å². The summed E-state index contributed by atoms with van der Waals surface area (Å²) in [7, 11) is 1.90. The van der Waals surface area contributed by atoms with Crippen LogP contribution in [0, 0.1) is 11.7 Å². The molecule has 1 atom stereocenters. The third kappa shape index (κ3) is 11.0. The maximum absolute atomic E-state index is 14.8. The summed E-state index contributed by atoms with van der Waals surface area (Å²) in [6.07, 6.45) is 10.3. The summed E-state index contributed by atoms with van der Waals surface area (Å²) in [4.78, 5) is 59.7. The molecule has 18 heteroatoms. The summed E-state index contributed by atoms with van der Waals surface area (Å²) in [5.41, 5.74) is 2.34. The lowest BCUT2D eigenvalue weighted by Crippen LogP contribution is -2.54. The molecular formula is C41H53FN8O9. The third-order valence-corrected chi connectivity index (χ3v) is 11.0. The van der Waals surface area contributed by atoms with Crippen LogP contribution in [-0.2, 0) is 42.0 Å². The largest absolute Gasteiger partial charge is 0.490 e. The maximum atomic E-state index is 14.8. The van der Waals surface area contributed by atoms with Gasteiger partial charge in [-0.2, -0.15) is 5.10 Å². The first kappa shape index (κ1) is 42.3. The number of halogens is 1. The van der Waals surface area contributed by atoms with Gasteiger partial charge in [-0.1, -0.05) is 6.07 Å². The lowest BCUT2D eigenvalue weighted by molar-refractivity contribution is -0.136. The summed E-state index contributed by atoms with van der Waals surface area (Å²) >= 11 is 0. The van der Waals surface area contributed by atoms with Crippen molar-refractivity contribution in [3.8, 4) is 17.0 Å². The van der Waals surface area contributed by atoms with Gasteiger partial charge in [0.15, 0.2) is 5.82 Å². The molecule has 0 radical (unpaired) electrons. The Morgan fingerprint density at radius 2 is 1.47 bits per heavy atom. The van der Waals surface area contributed by atoms with Crippen LogP contribution < -0.4 is 20.7 Å². The van der Waals surface area contributed by atoms with Gasteiger partial charge in [-0.3, -0.25) is 34.1 Å². The summed E-state index contributed by atoms with van der Waals surface area (Å²) in [6.45, 7) is 4.21. The molecule has 4 heterocycles. The number of nitrogens with zero attached hydrogens (tertiary/aromatic N) is 5. The average molecular weight is 821 g/mol. The molecule has 0 bridgehead atoms. The maximum Gasteiger partial charge on any atom is 0.266 e. The van der Waals surface area contributed by atoms with Crippen molar-refractivity contribution in [2.24, 2.45) is 13.0 Å². The van der Waals surface area contributed by atoms with Crippen molar-refractivity contribution < 1.29 is 47.3 Å². The van der Waals surface area contributed by atoms with Gasteiger partial charge in [-0.25, -0.2) is 14.4 Å². The molecule has 0 spiro atoms. The number of carbonyl (C=O) groups is 4. The number of anilines is 1. The highest BCUT2D eigenvalue weighted by atomic mass is 19.1. The van der Waals surface area contributed by atoms with Gasteiger partial charge in [0.1, 0.15) is 24.1 Å². The van der Waals surface area contributed by atoms with Crippen LogP contribution in [0.15, 0.2) is 30.6 Å². The molecule has 2 aliphatic carbocycles. The number of rotatable bonds is 23. The molecule has 4 aliphatic rings. The zero-order valence-corrected chi connectivity index (χ0v) is 33.4. The van der Waals surface area contributed by atoms with Crippen molar-refractivity contribution in [2.45, 2.75) is 75.9 Å². The van der Waals surface area contributed by atoms with Gasteiger partial charge in [-0.15, -0.1) is 0 Å². The fraction of sp³-hybridized carbons (Fsp3) is 0.585. The Bertz CT molecular complexity index is 1950. The van der Waals surface area contributed by atoms with E-state index in [1.807, 2.05) is 11.7 Å². The number of fused-ring (bicyclic) bond motifs is 1. The molecule has 2 aliphatic heterocycles. The molecular weight excluding hydrogens is 767 g/mol. The van der Waals surface area contributed by atoms with Crippen LogP contribution in [0.5, 0.6) is 5.75 Å². The van der Waals surface area contributed by atoms with Crippen LogP contribution in [0.1, 0.15) is 77.8 Å². The van der Waals surface area contributed by atoms with Crippen molar-refractivity contribution in [2.75, 3.05) is 71.3 Å². The molecule has 17 nitrogen and oxygen atoms in total. The first-order chi connectivity index (χ1) is 28.8. The van der Waals surface area contributed by atoms with Gasteiger partial charge < -0.3 is 34.3 Å². The third-order valence-electron chi connectivity index (χ3n) is 11.0.